The van der Waals surface area contributed by atoms with Crippen LogP contribution in [0.5, 0.6) is 0 Å². The first kappa shape index (κ1) is 13.6. The third kappa shape index (κ3) is 2.25. The van der Waals surface area contributed by atoms with Gasteiger partial charge in [-0.1, -0.05) is 20.8 Å². The van der Waals surface area contributed by atoms with Crippen molar-refractivity contribution in [3.8, 4) is 0 Å². The molecule has 0 aliphatic heterocycles. The summed E-state index contributed by atoms with van der Waals surface area (Å²) >= 11 is 1.80. The summed E-state index contributed by atoms with van der Waals surface area (Å²) in [6.45, 7) is 10.6. The van der Waals surface area contributed by atoms with Crippen molar-refractivity contribution in [3.05, 3.63) is 16.1 Å². The molecule has 1 aromatic rings. The van der Waals surface area contributed by atoms with Gasteiger partial charge in [0, 0.05) is 30.1 Å². The van der Waals surface area contributed by atoms with Crippen molar-refractivity contribution in [2.75, 3.05) is 6.54 Å². The molecular formula is C16H26N2S. The maximum Gasteiger partial charge on any atom is 0.0940 e. The van der Waals surface area contributed by atoms with Crippen LogP contribution >= 0.6 is 11.3 Å². The molecule has 1 N–H and O–H groups in total. The molecule has 2 aliphatic carbocycles. The van der Waals surface area contributed by atoms with Gasteiger partial charge in [0.1, 0.15) is 0 Å². The first-order chi connectivity index (χ1) is 8.92. The lowest BCUT2D eigenvalue weighted by atomic mass is 9.68. The number of nitrogens with zero attached hydrogens (tertiary/aromatic N) is 1. The topological polar surface area (TPSA) is 24.9 Å². The van der Waals surface area contributed by atoms with Crippen molar-refractivity contribution in [3.63, 3.8) is 0 Å². The molecule has 0 amide bonds. The average molecular weight is 278 g/mol. The monoisotopic (exact) mass is 278 g/mol. The predicted octanol–water partition coefficient (Wildman–Crippen LogP) is 3.80. The Labute approximate surface area is 121 Å². The number of fused-ring (bicyclic) bond motifs is 2. The van der Waals surface area contributed by atoms with Gasteiger partial charge in [0.05, 0.1) is 5.01 Å². The fourth-order valence-electron chi connectivity index (χ4n) is 4.65. The molecule has 2 nitrogen and oxygen atoms in total. The zero-order valence-electron chi connectivity index (χ0n) is 12.6. The number of hydrogen-bond donors (Lipinski definition) is 1. The Kier molecular flexibility index (Phi) is 3.25. The molecule has 2 fully saturated rings. The normalized spacial score (nSPS) is 36.0. The first-order valence-electron chi connectivity index (χ1n) is 7.56. The molecule has 2 bridgehead atoms. The van der Waals surface area contributed by atoms with Crippen molar-refractivity contribution >= 4 is 11.3 Å². The molecule has 0 saturated heterocycles. The minimum atomic E-state index is 0.464. The van der Waals surface area contributed by atoms with Crippen LogP contribution in [-0.2, 0) is 6.42 Å². The highest BCUT2D eigenvalue weighted by molar-refractivity contribution is 7.09. The Hall–Kier alpha value is -0.410. The van der Waals surface area contributed by atoms with Crippen LogP contribution in [0.3, 0.4) is 0 Å². The van der Waals surface area contributed by atoms with Crippen LogP contribution < -0.4 is 5.32 Å². The van der Waals surface area contributed by atoms with Crippen LogP contribution in [0.1, 0.15) is 50.7 Å². The van der Waals surface area contributed by atoms with E-state index in [2.05, 4.69) is 43.4 Å². The molecule has 3 unspecified atom stereocenters. The number of thiazole rings is 1. The highest BCUT2D eigenvalue weighted by Crippen LogP contribution is 2.62. The molecule has 0 spiro atoms. The van der Waals surface area contributed by atoms with Crippen LogP contribution in [0.4, 0.5) is 0 Å². The number of hydrogen-bond acceptors (Lipinski definition) is 3. The van der Waals surface area contributed by atoms with Gasteiger partial charge in [-0.25, -0.2) is 4.98 Å². The molecule has 3 rings (SSSR count). The smallest absolute Gasteiger partial charge is 0.0940 e. The minimum Gasteiger partial charge on any atom is -0.312 e. The van der Waals surface area contributed by atoms with Crippen molar-refractivity contribution in [1.29, 1.82) is 0 Å². The van der Waals surface area contributed by atoms with E-state index in [0.29, 0.717) is 16.9 Å². The van der Waals surface area contributed by atoms with E-state index in [0.717, 1.165) is 24.6 Å². The van der Waals surface area contributed by atoms with Crippen LogP contribution in [0.2, 0.25) is 0 Å². The number of aromatic nitrogens is 1. The van der Waals surface area contributed by atoms with E-state index in [1.807, 2.05) is 0 Å². The fourth-order valence-corrected chi connectivity index (χ4v) is 5.43. The van der Waals surface area contributed by atoms with Gasteiger partial charge in [-0.2, -0.15) is 0 Å². The van der Waals surface area contributed by atoms with Crippen molar-refractivity contribution in [1.82, 2.24) is 10.3 Å². The lowest BCUT2D eigenvalue weighted by Crippen LogP contribution is -2.50. The zero-order chi connectivity index (χ0) is 13.7. The van der Waals surface area contributed by atoms with Crippen LogP contribution in [0, 0.1) is 23.7 Å². The highest BCUT2D eigenvalue weighted by Gasteiger charge is 2.58. The predicted molar refractivity (Wildman–Crippen MR) is 81.6 cm³/mol. The molecule has 3 atom stereocenters. The summed E-state index contributed by atoms with van der Waals surface area (Å²) in [7, 11) is 0. The minimum absolute atomic E-state index is 0.464. The van der Waals surface area contributed by atoms with E-state index in [9.17, 15) is 0 Å². The Morgan fingerprint density at radius 2 is 2.21 bits per heavy atom. The number of nitrogens with one attached hydrogen (secondary N) is 1. The number of aryl methyl sites for hydroxylation is 1. The lowest BCUT2D eigenvalue weighted by Gasteiger charge is -2.43. The molecule has 106 valence electrons. The second kappa shape index (κ2) is 4.56. The van der Waals surface area contributed by atoms with E-state index < -0.39 is 0 Å². The largest absolute Gasteiger partial charge is 0.312 e. The van der Waals surface area contributed by atoms with Gasteiger partial charge in [-0.3, -0.25) is 0 Å². The molecule has 0 radical (unpaired) electrons. The molecule has 1 heterocycles. The van der Waals surface area contributed by atoms with Gasteiger partial charge in [-0.05, 0) is 42.9 Å². The van der Waals surface area contributed by atoms with E-state index in [1.165, 1.54) is 24.3 Å². The molecule has 2 saturated carbocycles. The Bertz CT molecular complexity index is 460. The summed E-state index contributed by atoms with van der Waals surface area (Å²) < 4.78 is 0. The highest BCUT2D eigenvalue weighted by atomic mass is 32.1. The summed E-state index contributed by atoms with van der Waals surface area (Å²) in [5.41, 5.74) is 2.16. The molecular weight excluding hydrogens is 252 g/mol. The van der Waals surface area contributed by atoms with Crippen molar-refractivity contribution in [2.45, 2.75) is 59.4 Å². The number of rotatable bonds is 4. The van der Waals surface area contributed by atoms with Gasteiger partial charge in [0.15, 0.2) is 0 Å². The molecule has 0 aromatic carbocycles. The second-order valence-corrected chi connectivity index (χ2v) is 8.38. The van der Waals surface area contributed by atoms with Gasteiger partial charge < -0.3 is 5.32 Å². The van der Waals surface area contributed by atoms with Gasteiger partial charge >= 0.3 is 0 Å². The summed E-state index contributed by atoms with van der Waals surface area (Å²) in [5, 5.41) is 7.29. The van der Waals surface area contributed by atoms with E-state index in [4.69, 9.17) is 0 Å². The van der Waals surface area contributed by atoms with E-state index >= 15 is 0 Å². The first-order valence-corrected chi connectivity index (χ1v) is 8.44. The van der Waals surface area contributed by atoms with Gasteiger partial charge in [-0.15, -0.1) is 11.3 Å². The standard InChI is InChI=1S/C16H26N2S/c1-11-10-19-13(18-11)6-8-17-14-15(2,3)12-5-7-16(14,4)9-12/h10,12,14,17H,5-9H2,1-4H3. The Morgan fingerprint density at radius 3 is 2.79 bits per heavy atom. The second-order valence-electron chi connectivity index (χ2n) is 7.43. The van der Waals surface area contributed by atoms with E-state index in [1.54, 1.807) is 11.3 Å². The summed E-state index contributed by atoms with van der Waals surface area (Å²) in [5.74, 6) is 0.928. The van der Waals surface area contributed by atoms with E-state index in [-0.39, 0.29) is 0 Å². The fraction of sp³-hybridized carbons (Fsp3) is 0.812. The van der Waals surface area contributed by atoms with Crippen molar-refractivity contribution < 1.29 is 0 Å². The van der Waals surface area contributed by atoms with Crippen molar-refractivity contribution in [2.24, 2.45) is 16.7 Å². The molecule has 2 aliphatic rings. The molecule has 1 aromatic heterocycles. The Morgan fingerprint density at radius 1 is 1.42 bits per heavy atom. The zero-order valence-corrected chi connectivity index (χ0v) is 13.4. The van der Waals surface area contributed by atoms with Gasteiger partial charge in [0.25, 0.3) is 0 Å². The maximum atomic E-state index is 4.55. The van der Waals surface area contributed by atoms with Gasteiger partial charge in [0.2, 0.25) is 0 Å². The van der Waals surface area contributed by atoms with Crippen LogP contribution in [-0.4, -0.2) is 17.6 Å². The molecule has 19 heavy (non-hydrogen) atoms. The summed E-state index contributed by atoms with van der Waals surface area (Å²) in [6, 6.07) is 0.680. The van der Waals surface area contributed by atoms with Crippen LogP contribution in [0.25, 0.3) is 0 Å². The maximum absolute atomic E-state index is 4.55. The quantitative estimate of drug-likeness (QED) is 0.906. The summed E-state index contributed by atoms with van der Waals surface area (Å²) in [4.78, 5) is 4.55. The average Bonchev–Trinajstić information content (AvgIpc) is 2.95. The van der Waals surface area contributed by atoms with Crippen LogP contribution in [0.15, 0.2) is 5.38 Å². The third-order valence-electron chi connectivity index (χ3n) is 5.62. The third-order valence-corrected chi connectivity index (χ3v) is 6.65. The molecule has 3 heteroatoms. The lowest BCUT2D eigenvalue weighted by molar-refractivity contribution is 0.110. The summed E-state index contributed by atoms with van der Waals surface area (Å²) in [6.07, 6.45) is 5.35. The SMILES string of the molecule is Cc1csc(CCNC2C3(C)CCC(C3)C2(C)C)n1. The Balaban J connectivity index is 1.60.